The number of nitrogens with one attached hydrogen (secondary N) is 2. The summed E-state index contributed by atoms with van der Waals surface area (Å²) in [6.45, 7) is 0. The van der Waals surface area contributed by atoms with Gasteiger partial charge in [0.1, 0.15) is 5.56 Å². The number of carbonyl (C=O) groups excluding carboxylic acids is 1. The first-order valence-corrected chi connectivity index (χ1v) is 10.2. The predicted molar refractivity (Wildman–Crippen MR) is 99.8 cm³/mol. The molecule has 0 unspecified atom stereocenters. The molecule has 7 nitrogen and oxygen atoms in total. The van der Waals surface area contributed by atoms with Gasteiger partial charge < -0.3 is 16.0 Å². The van der Waals surface area contributed by atoms with Crippen molar-refractivity contribution in [3.05, 3.63) is 51.2 Å². The summed E-state index contributed by atoms with van der Waals surface area (Å²) in [6.07, 6.45) is 4.78. The Balaban J connectivity index is 1.66. The van der Waals surface area contributed by atoms with Gasteiger partial charge in [-0.2, -0.15) is 0 Å². The van der Waals surface area contributed by atoms with E-state index in [1.165, 1.54) is 18.6 Å². The van der Waals surface area contributed by atoms with Crippen molar-refractivity contribution < 1.29 is 13.2 Å². The molecule has 4 rings (SSSR count). The topological polar surface area (TPSA) is 122 Å². The number of rotatable bonds is 3. The van der Waals surface area contributed by atoms with Gasteiger partial charge in [-0.25, -0.2) is 8.42 Å². The summed E-state index contributed by atoms with van der Waals surface area (Å²) in [4.78, 5) is 27.5. The Labute approximate surface area is 150 Å². The van der Waals surface area contributed by atoms with Crippen molar-refractivity contribution in [3.63, 3.8) is 0 Å². The second kappa shape index (κ2) is 5.98. The Hall–Kier alpha value is -2.61. The van der Waals surface area contributed by atoms with Crippen molar-refractivity contribution in [2.45, 2.75) is 31.2 Å². The highest BCUT2D eigenvalue weighted by atomic mass is 32.2. The molecule has 1 aromatic heterocycles. The van der Waals surface area contributed by atoms with Crippen LogP contribution in [0.1, 0.15) is 41.1 Å². The van der Waals surface area contributed by atoms with E-state index < -0.39 is 27.3 Å². The van der Waals surface area contributed by atoms with Gasteiger partial charge in [0, 0.05) is 10.8 Å². The van der Waals surface area contributed by atoms with Gasteiger partial charge >= 0.3 is 0 Å². The van der Waals surface area contributed by atoms with Crippen molar-refractivity contribution in [1.29, 1.82) is 0 Å². The molecule has 136 valence electrons. The molecule has 1 aromatic carbocycles. The second-order valence-corrected chi connectivity index (χ2v) is 8.84. The molecule has 2 aliphatic rings. The molecular formula is C18H19N3O4S. The first kappa shape index (κ1) is 16.8. The van der Waals surface area contributed by atoms with Crippen LogP contribution in [0.15, 0.2) is 34.5 Å². The van der Waals surface area contributed by atoms with Crippen LogP contribution in [-0.2, 0) is 9.84 Å². The number of benzene rings is 1. The van der Waals surface area contributed by atoms with Crippen molar-refractivity contribution in [2.75, 3.05) is 11.5 Å². The van der Waals surface area contributed by atoms with Crippen molar-refractivity contribution in [3.8, 4) is 0 Å². The minimum atomic E-state index is -3.28. The first-order chi connectivity index (χ1) is 12.3. The SMILES string of the molecule is Nc1c(C2CCC2)ccc2cc(C(=O)N[C@@H]3C=CS(=O)(=O)C3)c(=O)[nH]c12. The zero-order chi connectivity index (χ0) is 18.5. The third-order valence-electron chi connectivity index (χ3n) is 5.13. The lowest BCUT2D eigenvalue weighted by molar-refractivity contribution is 0.0946. The highest BCUT2D eigenvalue weighted by molar-refractivity contribution is 7.94. The fraction of sp³-hybridized carbons (Fsp3) is 0.333. The number of pyridine rings is 1. The normalized spacial score (nSPS) is 21.6. The van der Waals surface area contributed by atoms with E-state index >= 15 is 0 Å². The van der Waals surface area contributed by atoms with Gasteiger partial charge in [-0.15, -0.1) is 0 Å². The summed E-state index contributed by atoms with van der Waals surface area (Å²) in [5.74, 6) is -0.370. The van der Waals surface area contributed by atoms with E-state index in [0.29, 0.717) is 22.5 Å². The average Bonchev–Trinajstić information content (AvgIpc) is 2.87. The quantitative estimate of drug-likeness (QED) is 0.702. The molecule has 26 heavy (non-hydrogen) atoms. The number of carbonyl (C=O) groups is 1. The van der Waals surface area contributed by atoms with Crippen molar-refractivity contribution in [1.82, 2.24) is 10.3 Å². The maximum Gasteiger partial charge on any atom is 0.261 e. The number of nitrogen functional groups attached to an aromatic ring is 1. The number of hydrogen-bond acceptors (Lipinski definition) is 5. The lowest BCUT2D eigenvalue weighted by Gasteiger charge is -2.27. The number of amides is 1. The molecule has 4 N–H and O–H groups in total. The summed E-state index contributed by atoms with van der Waals surface area (Å²) < 4.78 is 22.9. The highest BCUT2D eigenvalue weighted by Gasteiger charge is 2.25. The van der Waals surface area contributed by atoms with Crippen LogP contribution in [0.5, 0.6) is 0 Å². The van der Waals surface area contributed by atoms with Crippen LogP contribution in [0.4, 0.5) is 5.69 Å². The zero-order valence-electron chi connectivity index (χ0n) is 14.0. The van der Waals surface area contributed by atoms with Crippen LogP contribution in [0, 0.1) is 0 Å². The molecule has 1 aliphatic heterocycles. The van der Waals surface area contributed by atoms with E-state index in [4.69, 9.17) is 5.73 Å². The number of nitrogens with two attached hydrogens (primary N) is 1. The number of anilines is 1. The zero-order valence-corrected chi connectivity index (χ0v) is 14.8. The van der Waals surface area contributed by atoms with Crippen LogP contribution in [-0.4, -0.2) is 31.1 Å². The van der Waals surface area contributed by atoms with Crippen molar-refractivity contribution >= 4 is 32.3 Å². The van der Waals surface area contributed by atoms with Crippen molar-refractivity contribution in [2.24, 2.45) is 0 Å². The fourth-order valence-electron chi connectivity index (χ4n) is 3.47. The summed E-state index contributed by atoms with van der Waals surface area (Å²) in [5, 5.41) is 4.31. The molecule has 0 radical (unpaired) electrons. The molecule has 0 spiro atoms. The summed E-state index contributed by atoms with van der Waals surface area (Å²) in [6, 6.07) is 4.67. The Bertz CT molecular complexity index is 1100. The molecule has 1 atom stereocenters. The van der Waals surface area contributed by atoms with Gasteiger partial charge in [-0.05, 0) is 36.5 Å². The summed E-state index contributed by atoms with van der Waals surface area (Å²) >= 11 is 0. The van der Waals surface area contributed by atoms with Gasteiger partial charge in [0.15, 0.2) is 9.84 Å². The average molecular weight is 373 g/mol. The molecule has 0 saturated heterocycles. The lowest BCUT2D eigenvalue weighted by atomic mass is 9.79. The van der Waals surface area contributed by atoms with Crippen LogP contribution >= 0.6 is 0 Å². The maximum atomic E-state index is 12.4. The number of hydrogen-bond donors (Lipinski definition) is 3. The van der Waals surface area contributed by atoms with Gasteiger partial charge in [0.05, 0.1) is 23.0 Å². The molecule has 1 saturated carbocycles. The molecule has 1 amide bonds. The largest absolute Gasteiger partial charge is 0.397 e. The molecule has 1 aliphatic carbocycles. The molecule has 8 heteroatoms. The second-order valence-electron chi connectivity index (χ2n) is 6.91. The van der Waals surface area contributed by atoms with E-state index in [-0.39, 0.29) is 11.3 Å². The number of H-pyrrole nitrogens is 1. The molecule has 1 fully saturated rings. The third-order valence-corrected chi connectivity index (χ3v) is 6.53. The smallest absolute Gasteiger partial charge is 0.261 e. The lowest BCUT2D eigenvalue weighted by Crippen LogP contribution is -2.38. The van der Waals surface area contributed by atoms with Crippen LogP contribution in [0.2, 0.25) is 0 Å². The van der Waals surface area contributed by atoms with E-state index in [1.807, 2.05) is 12.1 Å². The molecular weight excluding hydrogens is 354 g/mol. The monoisotopic (exact) mass is 373 g/mol. The fourth-order valence-corrected chi connectivity index (χ4v) is 4.71. The Kier molecular flexibility index (Phi) is 3.87. The van der Waals surface area contributed by atoms with Gasteiger partial charge in [0.2, 0.25) is 0 Å². The van der Waals surface area contributed by atoms with Crippen LogP contribution < -0.4 is 16.6 Å². The Morgan fingerprint density at radius 1 is 1.27 bits per heavy atom. The van der Waals surface area contributed by atoms with E-state index in [1.54, 1.807) is 0 Å². The minimum absolute atomic E-state index is 0.0639. The predicted octanol–water partition coefficient (Wildman–Crippen LogP) is 1.42. The number of aromatic amines is 1. The van der Waals surface area contributed by atoms with Gasteiger partial charge in [0.25, 0.3) is 11.5 Å². The maximum absolute atomic E-state index is 12.4. The molecule has 0 bridgehead atoms. The number of fused-ring (bicyclic) bond motifs is 1. The van der Waals surface area contributed by atoms with Gasteiger partial charge in [-0.1, -0.05) is 18.6 Å². The third kappa shape index (κ3) is 2.90. The van der Waals surface area contributed by atoms with Crippen LogP contribution in [0.25, 0.3) is 10.9 Å². The first-order valence-electron chi connectivity index (χ1n) is 8.51. The Morgan fingerprint density at radius 2 is 2.04 bits per heavy atom. The standard InChI is InChI=1S/C18H19N3O4S/c19-15-13(10-2-1-3-10)5-4-11-8-14(18(23)21-16(11)15)17(22)20-12-6-7-26(24,25)9-12/h4-8,10,12H,1-3,9,19H2,(H,20,22)(H,21,23)/t12-/m1/s1. The number of sulfone groups is 1. The molecule has 2 heterocycles. The summed E-state index contributed by atoms with van der Waals surface area (Å²) in [7, 11) is -3.28. The van der Waals surface area contributed by atoms with E-state index in [2.05, 4.69) is 10.3 Å². The van der Waals surface area contributed by atoms with E-state index in [9.17, 15) is 18.0 Å². The van der Waals surface area contributed by atoms with E-state index in [0.717, 1.165) is 23.8 Å². The number of aromatic nitrogens is 1. The molecule has 2 aromatic rings. The Morgan fingerprint density at radius 3 is 2.65 bits per heavy atom. The van der Waals surface area contributed by atoms with Gasteiger partial charge in [-0.3, -0.25) is 9.59 Å². The highest BCUT2D eigenvalue weighted by Crippen LogP contribution is 2.40. The summed E-state index contributed by atoms with van der Waals surface area (Å²) in [5.41, 5.74) is 7.77. The minimum Gasteiger partial charge on any atom is -0.397 e. The van der Waals surface area contributed by atoms with Crippen LogP contribution in [0.3, 0.4) is 0 Å².